The van der Waals surface area contributed by atoms with E-state index in [0.29, 0.717) is 24.6 Å². The molecule has 114 valence electrons. The van der Waals surface area contributed by atoms with E-state index in [9.17, 15) is 0 Å². The first-order valence-corrected chi connectivity index (χ1v) is 7.30. The van der Waals surface area contributed by atoms with Gasteiger partial charge in [-0.15, -0.1) is 0 Å². The second kappa shape index (κ2) is 4.93. The molecule has 4 rings (SSSR count). The molecule has 1 N–H and O–H groups in total. The molecule has 0 bridgehead atoms. The fourth-order valence-electron chi connectivity index (χ4n) is 2.72. The Hall–Kier alpha value is -2.18. The zero-order chi connectivity index (χ0) is 15.2. The molecule has 1 saturated heterocycles. The van der Waals surface area contributed by atoms with Crippen molar-refractivity contribution in [3.05, 3.63) is 30.6 Å². The van der Waals surface area contributed by atoms with Crippen LogP contribution in [0.15, 0.2) is 35.0 Å². The Labute approximate surface area is 127 Å². The Bertz CT molecular complexity index is 828. The van der Waals surface area contributed by atoms with E-state index in [1.807, 2.05) is 38.1 Å². The first-order chi connectivity index (χ1) is 10.6. The Morgan fingerprint density at radius 1 is 1.27 bits per heavy atom. The fraction of sp³-hybridized carbons (Fsp3) is 0.375. The van der Waals surface area contributed by atoms with Gasteiger partial charge in [-0.2, -0.15) is 0 Å². The van der Waals surface area contributed by atoms with Gasteiger partial charge in [-0.1, -0.05) is 12.1 Å². The van der Waals surface area contributed by atoms with Crippen molar-refractivity contribution in [2.75, 3.05) is 18.5 Å². The van der Waals surface area contributed by atoms with E-state index >= 15 is 0 Å². The lowest BCUT2D eigenvalue weighted by atomic mass is 10.2. The van der Waals surface area contributed by atoms with Gasteiger partial charge in [-0.3, -0.25) is 0 Å². The number of para-hydroxylation sites is 1. The summed E-state index contributed by atoms with van der Waals surface area (Å²) in [5.41, 5.74) is 2.29. The molecular formula is C16H17N3O3. The molecular weight excluding hydrogens is 282 g/mol. The number of anilines is 1. The molecule has 0 spiro atoms. The van der Waals surface area contributed by atoms with Crippen molar-refractivity contribution in [2.24, 2.45) is 0 Å². The molecule has 0 saturated carbocycles. The van der Waals surface area contributed by atoms with Crippen LogP contribution in [0.4, 0.5) is 5.82 Å². The van der Waals surface area contributed by atoms with E-state index in [2.05, 4.69) is 15.3 Å². The van der Waals surface area contributed by atoms with Gasteiger partial charge < -0.3 is 19.2 Å². The molecule has 2 aromatic heterocycles. The number of furan rings is 1. The van der Waals surface area contributed by atoms with Crippen LogP contribution in [-0.4, -0.2) is 35.0 Å². The van der Waals surface area contributed by atoms with Crippen molar-refractivity contribution in [3.63, 3.8) is 0 Å². The van der Waals surface area contributed by atoms with E-state index in [4.69, 9.17) is 13.9 Å². The van der Waals surface area contributed by atoms with E-state index in [1.54, 1.807) is 6.33 Å². The maximum absolute atomic E-state index is 5.88. The smallest absolute Gasteiger partial charge is 0.196 e. The number of aromatic nitrogens is 2. The van der Waals surface area contributed by atoms with Crippen molar-refractivity contribution in [2.45, 2.75) is 25.7 Å². The van der Waals surface area contributed by atoms with Gasteiger partial charge in [0.15, 0.2) is 17.2 Å². The molecule has 6 nitrogen and oxygen atoms in total. The van der Waals surface area contributed by atoms with Crippen LogP contribution in [0.1, 0.15) is 13.8 Å². The van der Waals surface area contributed by atoms with Crippen LogP contribution in [0.2, 0.25) is 0 Å². The second-order valence-corrected chi connectivity index (χ2v) is 5.83. The summed E-state index contributed by atoms with van der Waals surface area (Å²) in [6, 6.07) is 7.83. The largest absolute Gasteiger partial charge is 0.450 e. The van der Waals surface area contributed by atoms with E-state index in [-0.39, 0.29) is 6.10 Å². The molecule has 0 aliphatic carbocycles. The molecule has 0 amide bonds. The summed E-state index contributed by atoms with van der Waals surface area (Å²) in [7, 11) is 0. The first-order valence-electron chi connectivity index (χ1n) is 7.30. The number of hydrogen-bond acceptors (Lipinski definition) is 6. The third kappa shape index (κ3) is 2.30. The normalized spacial score (nSPS) is 20.7. The van der Waals surface area contributed by atoms with Crippen molar-refractivity contribution in [1.29, 1.82) is 0 Å². The number of nitrogens with zero attached hydrogens (tertiary/aromatic N) is 2. The summed E-state index contributed by atoms with van der Waals surface area (Å²) < 4.78 is 17.2. The molecule has 3 aromatic rings. The minimum atomic E-state index is -0.521. The summed E-state index contributed by atoms with van der Waals surface area (Å²) in [5.74, 6) is 0.154. The summed E-state index contributed by atoms with van der Waals surface area (Å²) in [6.45, 7) is 4.99. The number of hydrogen-bond donors (Lipinski definition) is 1. The van der Waals surface area contributed by atoms with E-state index in [1.165, 1.54) is 0 Å². The van der Waals surface area contributed by atoms with Gasteiger partial charge in [0, 0.05) is 11.9 Å². The Balaban J connectivity index is 1.62. The van der Waals surface area contributed by atoms with Gasteiger partial charge >= 0.3 is 0 Å². The SMILES string of the molecule is CC1(C)OCC(CNc2ncnc3c2oc2ccccc23)O1. The minimum absolute atomic E-state index is 0.00982. The number of ether oxygens (including phenoxy) is 2. The monoisotopic (exact) mass is 299 g/mol. The summed E-state index contributed by atoms with van der Waals surface area (Å²) in [4.78, 5) is 8.62. The topological polar surface area (TPSA) is 69.4 Å². The van der Waals surface area contributed by atoms with Crippen LogP contribution < -0.4 is 5.32 Å². The lowest BCUT2D eigenvalue weighted by Crippen LogP contribution is -2.26. The quantitative estimate of drug-likeness (QED) is 0.802. The van der Waals surface area contributed by atoms with Crippen LogP contribution in [0.5, 0.6) is 0 Å². The molecule has 3 heterocycles. The Morgan fingerprint density at radius 2 is 2.14 bits per heavy atom. The van der Waals surface area contributed by atoms with Crippen molar-refractivity contribution >= 4 is 27.9 Å². The predicted octanol–water partition coefficient (Wildman–Crippen LogP) is 2.94. The molecule has 22 heavy (non-hydrogen) atoms. The molecule has 1 atom stereocenters. The van der Waals surface area contributed by atoms with Crippen LogP contribution >= 0.6 is 0 Å². The van der Waals surface area contributed by atoms with Gasteiger partial charge in [-0.05, 0) is 26.0 Å². The lowest BCUT2D eigenvalue weighted by Gasteiger charge is -2.17. The van der Waals surface area contributed by atoms with Gasteiger partial charge in [0.05, 0.1) is 6.61 Å². The zero-order valence-corrected chi connectivity index (χ0v) is 12.5. The molecule has 1 aromatic carbocycles. The van der Waals surface area contributed by atoms with E-state index in [0.717, 1.165) is 16.5 Å². The van der Waals surface area contributed by atoms with E-state index < -0.39 is 5.79 Å². The van der Waals surface area contributed by atoms with Crippen LogP contribution in [0.3, 0.4) is 0 Å². The van der Waals surface area contributed by atoms with Crippen LogP contribution in [0.25, 0.3) is 22.1 Å². The summed E-state index contributed by atoms with van der Waals surface area (Å²) >= 11 is 0. The number of nitrogens with one attached hydrogen (secondary N) is 1. The van der Waals surface area contributed by atoms with Gasteiger partial charge in [-0.25, -0.2) is 9.97 Å². The highest BCUT2D eigenvalue weighted by atomic mass is 16.7. The number of benzene rings is 1. The summed E-state index contributed by atoms with van der Waals surface area (Å²) in [5, 5.41) is 4.27. The molecule has 1 unspecified atom stereocenters. The highest BCUT2D eigenvalue weighted by Crippen LogP contribution is 2.30. The van der Waals surface area contributed by atoms with Crippen LogP contribution in [-0.2, 0) is 9.47 Å². The van der Waals surface area contributed by atoms with Gasteiger partial charge in [0.1, 0.15) is 23.5 Å². The predicted molar refractivity (Wildman–Crippen MR) is 82.7 cm³/mol. The van der Waals surface area contributed by atoms with Crippen LogP contribution in [0, 0.1) is 0 Å². The number of fused-ring (bicyclic) bond motifs is 3. The Morgan fingerprint density at radius 3 is 2.95 bits per heavy atom. The second-order valence-electron chi connectivity index (χ2n) is 5.83. The van der Waals surface area contributed by atoms with Gasteiger partial charge in [0.25, 0.3) is 0 Å². The molecule has 1 aliphatic rings. The molecule has 1 fully saturated rings. The maximum Gasteiger partial charge on any atom is 0.196 e. The third-order valence-electron chi connectivity index (χ3n) is 3.72. The van der Waals surface area contributed by atoms with Gasteiger partial charge in [0.2, 0.25) is 0 Å². The maximum atomic E-state index is 5.88. The van der Waals surface area contributed by atoms with Crippen molar-refractivity contribution in [1.82, 2.24) is 9.97 Å². The zero-order valence-electron chi connectivity index (χ0n) is 12.5. The highest BCUT2D eigenvalue weighted by molar-refractivity contribution is 6.05. The first kappa shape index (κ1) is 13.5. The van der Waals surface area contributed by atoms with Crippen molar-refractivity contribution < 1.29 is 13.9 Å². The standard InChI is InChI=1S/C16H17N3O3/c1-16(2)20-8-10(22-16)7-17-15-14-13(18-9-19-15)11-5-3-4-6-12(11)21-14/h3-6,9-10H,7-8H2,1-2H3,(H,17,18,19). The molecule has 1 aliphatic heterocycles. The molecule has 0 radical (unpaired) electrons. The van der Waals surface area contributed by atoms with Crippen molar-refractivity contribution in [3.8, 4) is 0 Å². The average molecular weight is 299 g/mol. The molecule has 6 heteroatoms. The minimum Gasteiger partial charge on any atom is -0.450 e. The summed E-state index contributed by atoms with van der Waals surface area (Å²) in [6.07, 6.45) is 1.53. The highest BCUT2D eigenvalue weighted by Gasteiger charge is 2.32. The number of rotatable bonds is 3. The Kier molecular flexibility index (Phi) is 3.02. The fourth-order valence-corrected chi connectivity index (χ4v) is 2.72. The average Bonchev–Trinajstić information content (AvgIpc) is 3.05. The third-order valence-corrected chi connectivity index (χ3v) is 3.72. The lowest BCUT2D eigenvalue weighted by molar-refractivity contribution is -0.136.